The molecule has 3 heterocycles. The topological polar surface area (TPSA) is 126 Å². The summed E-state index contributed by atoms with van der Waals surface area (Å²) < 4.78 is 7.22. The third-order valence-electron chi connectivity index (χ3n) is 4.77. The van der Waals surface area contributed by atoms with Crippen LogP contribution in [0.5, 0.6) is 0 Å². The van der Waals surface area contributed by atoms with Crippen LogP contribution in [-0.4, -0.2) is 65.5 Å². The van der Waals surface area contributed by atoms with Crippen molar-refractivity contribution in [2.75, 3.05) is 17.7 Å². The molecule has 1 fully saturated rings. The second-order valence-corrected chi connectivity index (χ2v) is 7.91. The van der Waals surface area contributed by atoms with Crippen molar-refractivity contribution < 1.29 is 20.1 Å². The highest BCUT2D eigenvalue weighted by Crippen LogP contribution is 2.33. The first-order valence-electron chi connectivity index (χ1n) is 9.40. The first kappa shape index (κ1) is 20.0. The quantitative estimate of drug-likeness (QED) is 0.331. The minimum absolute atomic E-state index is 0.392. The second kappa shape index (κ2) is 8.64. The van der Waals surface area contributed by atoms with Gasteiger partial charge in [0.1, 0.15) is 18.3 Å². The number of hydrogen-bond acceptors (Lipinski definition) is 9. The largest absolute Gasteiger partial charge is 0.394 e. The SMILES string of the molecule is CCSc1nc(NCc2ccccc2)c2ncn([C@@H]3O[C@H](CO)[C@@H](O)[C@H]3O)c2n1. The van der Waals surface area contributed by atoms with Crippen LogP contribution in [-0.2, 0) is 11.3 Å². The molecule has 0 spiro atoms. The number of imidazole rings is 1. The Bertz CT molecular complexity index is 970. The Balaban J connectivity index is 1.70. The molecule has 29 heavy (non-hydrogen) atoms. The molecule has 4 atom stereocenters. The molecule has 154 valence electrons. The van der Waals surface area contributed by atoms with Gasteiger partial charge >= 0.3 is 0 Å². The summed E-state index contributed by atoms with van der Waals surface area (Å²) in [7, 11) is 0. The van der Waals surface area contributed by atoms with Crippen molar-refractivity contribution in [3.8, 4) is 0 Å². The summed E-state index contributed by atoms with van der Waals surface area (Å²) in [6, 6.07) is 9.95. The Labute approximate surface area is 171 Å². The number of thioether (sulfide) groups is 1. The fourth-order valence-corrected chi connectivity index (χ4v) is 3.86. The van der Waals surface area contributed by atoms with Gasteiger partial charge in [-0.2, -0.15) is 0 Å². The maximum atomic E-state index is 10.4. The number of ether oxygens (including phenoxy) is 1. The minimum Gasteiger partial charge on any atom is -0.394 e. The van der Waals surface area contributed by atoms with Crippen LogP contribution in [0.15, 0.2) is 41.8 Å². The van der Waals surface area contributed by atoms with E-state index in [1.54, 1.807) is 4.57 Å². The fraction of sp³-hybridized carbons (Fsp3) is 0.421. The van der Waals surface area contributed by atoms with Gasteiger partial charge in [-0.1, -0.05) is 49.0 Å². The van der Waals surface area contributed by atoms with Gasteiger partial charge < -0.3 is 25.4 Å². The van der Waals surface area contributed by atoms with Crippen LogP contribution in [0.4, 0.5) is 5.82 Å². The molecule has 1 aliphatic rings. The Morgan fingerprint density at radius 3 is 2.66 bits per heavy atom. The zero-order valence-electron chi connectivity index (χ0n) is 15.8. The van der Waals surface area contributed by atoms with E-state index >= 15 is 0 Å². The van der Waals surface area contributed by atoms with Gasteiger partial charge in [-0.15, -0.1) is 0 Å². The van der Waals surface area contributed by atoms with Crippen molar-refractivity contribution in [3.63, 3.8) is 0 Å². The standard InChI is InChI=1S/C19H23N5O4S/c1-2-29-19-22-16(20-8-11-6-4-3-5-7-11)13-17(23-19)24(10-21-13)18-15(27)14(26)12(9-25)28-18/h3-7,10,12,14-15,18,25-27H,2,8-9H2,1H3,(H,20,22,23)/t12-,14-,15-,18-/m1/s1. The van der Waals surface area contributed by atoms with E-state index in [4.69, 9.17) is 4.74 Å². The average molecular weight is 417 g/mol. The van der Waals surface area contributed by atoms with Crippen LogP contribution in [0.2, 0.25) is 0 Å². The van der Waals surface area contributed by atoms with Gasteiger partial charge in [0.25, 0.3) is 0 Å². The number of fused-ring (bicyclic) bond motifs is 1. The van der Waals surface area contributed by atoms with E-state index in [9.17, 15) is 15.3 Å². The molecule has 10 heteroatoms. The molecular weight excluding hydrogens is 394 g/mol. The third kappa shape index (κ3) is 3.94. The number of nitrogens with zero attached hydrogens (tertiary/aromatic N) is 4. The Kier molecular flexibility index (Phi) is 5.97. The number of hydrogen-bond donors (Lipinski definition) is 4. The van der Waals surface area contributed by atoms with E-state index in [1.165, 1.54) is 18.1 Å². The number of aromatic nitrogens is 4. The van der Waals surface area contributed by atoms with Gasteiger partial charge in [-0.05, 0) is 11.3 Å². The zero-order chi connectivity index (χ0) is 20.4. The summed E-state index contributed by atoms with van der Waals surface area (Å²) in [4.78, 5) is 13.6. The van der Waals surface area contributed by atoms with Crippen LogP contribution in [0.25, 0.3) is 11.2 Å². The first-order valence-corrected chi connectivity index (χ1v) is 10.4. The molecule has 0 radical (unpaired) electrons. The maximum absolute atomic E-state index is 10.4. The highest BCUT2D eigenvalue weighted by Gasteiger charge is 2.44. The van der Waals surface area contributed by atoms with Gasteiger partial charge in [-0.25, -0.2) is 15.0 Å². The van der Waals surface area contributed by atoms with Crippen LogP contribution < -0.4 is 5.32 Å². The average Bonchev–Trinajstić information content (AvgIpc) is 3.28. The highest BCUT2D eigenvalue weighted by atomic mass is 32.2. The summed E-state index contributed by atoms with van der Waals surface area (Å²) in [5, 5.41) is 33.7. The number of aliphatic hydroxyl groups is 3. The van der Waals surface area contributed by atoms with Gasteiger partial charge in [0, 0.05) is 6.54 Å². The summed E-state index contributed by atoms with van der Waals surface area (Å²) in [6.07, 6.45) is -2.65. The molecule has 0 unspecified atom stereocenters. The van der Waals surface area contributed by atoms with E-state index < -0.39 is 31.1 Å². The van der Waals surface area contributed by atoms with E-state index in [1.807, 2.05) is 37.3 Å². The van der Waals surface area contributed by atoms with E-state index in [0.717, 1.165) is 11.3 Å². The molecule has 0 saturated carbocycles. The molecule has 9 nitrogen and oxygen atoms in total. The van der Waals surface area contributed by atoms with Gasteiger partial charge in [0.15, 0.2) is 28.4 Å². The molecule has 4 N–H and O–H groups in total. The lowest BCUT2D eigenvalue weighted by atomic mass is 10.1. The predicted octanol–water partition coefficient (Wildman–Crippen LogP) is 1.16. The molecule has 2 aromatic heterocycles. The first-order chi connectivity index (χ1) is 14.1. The molecule has 1 aliphatic heterocycles. The van der Waals surface area contributed by atoms with Gasteiger partial charge in [-0.3, -0.25) is 4.57 Å². The third-order valence-corrected chi connectivity index (χ3v) is 5.50. The van der Waals surface area contributed by atoms with E-state index in [-0.39, 0.29) is 0 Å². The van der Waals surface area contributed by atoms with Gasteiger partial charge in [0.2, 0.25) is 0 Å². The van der Waals surface area contributed by atoms with Crippen LogP contribution >= 0.6 is 11.8 Å². The molecule has 0 bridgehead atoms. The number of nitrogens with one attached hydrogen (secondary N) is 1. The maximum Gasteiger partial charge on any atom is 0.191 e. The normalized spacial score (nSPS) is 24.3. The van der Waals surface area contributed by atoms with Crippen molar-refractivity contribution in [1.29, 1.82) is 0 Å². The van der Waals surface area contributed by atoms with Gasteiger partial charge in [0.05, 0.1) is 12.9 Å². The van der Waals surface area contributed by atoms with Crippen LogP contribution in [0.1, 0.15) is 18.7 Å². The molecular formula is C19H23N5O4S. The van der Waals surface area contributed by atoms with Crippen molar-refractivity contribution >= 4 is 28.7 Å². The molecule has 0 aliphatic carbocycles. The van der Waals surface area contributed by atoms with Crippen molar-refractivity contribution in [2.24, 2.45) is 0 Å². The van der Waals surface area contributed by atoms with Crippen LogP contribution in [0.3, 0.4) is 0 Å². The van der Waals surface area contributed by atoms with E-state index in [0.29, 0.717) is 28.7 Å². The number of anilines is 1. The lowest BCUT2D eigenvalue weighted by Crippen LogP contribution is -2.33. The molecule has 1 aromatic carbocycles. The minimum atomic E-state index is -1.21. The molecule has 3 aromatic rings. The molecule has 4 rings (SSSR count). The van der Waals surface area contributed by atoms with E-state index in [2.05, 4.69) is 20.3 Å². The Hall–Kier alpha value is -2.24. The fourth-order valence-electron chi connectivity index (χ4n) is 3.29. The molecule has 1 saturated heterocycles. The Morgan fingerprint density at radius 1 is 1.17 bits per heavy atom. The summed E-state index contributed by atoms with van der Waals surface area (Å²) in [6.45, 7) is 2.19. The summed E-state index contributed by atoms with van der Waals surface area (Å²) in [5.74, 6) is 1.38. The van der Waals surface area contributed by atoms with Crippen molar-refractivity contribution in [3.05, 3.63) is 42.2 Å². The monoisotopic (exact) mass is 417 g/mol. The number of aliphatic hydroxyl groups excluding tert-OH is 3. The second-order valence-electron chi connectivity index (χ2n) is 6.68. The Morgan fingerprint density at radius 2 is 1.97 bits per heavy atom. The highest BCUT2D eigenvalue weighted by molar-refractivity contribution is 7.99. The molecule has 0 amide bonds. The van der Waals surface area contributed by atoms with Crippen molar-refractivity contribution in [1.82, 2.24) is 19.5 Å². The zero-order valence-corrected chi connectivity index (χ0v) is 16.7. The summed E-state index contributed by atoms with van der Waals surface area (Å²) in [5.41, 5.74) is 2.13. The lowest BCUT2D eigenvalue weighted by molar-refractivity contribution is -0.0511. The number of rotatable bonds is 7. The summed E-state index contributed by atoms with van der Waals surface area (Å²) >= 11 is 1.49. The predicted molar refractivity (Wildman–Crippen MR) is 108 cm³/mol. The van der Waals surface area contributed by atoms with Crippen molar-refractivity contribution in [2.45, 2.75) is 43.2 Å². The lowest BCUT2D eigenvalue weighted by Gasteiger charge is -2.17. The van der Waals surface area contributed by atoms with Crippen LogP contribution in [0, 0.1) is 0 Å². The smallest absolute Gasteiger partial charge is 0.191 e. The number of benzene rings is 1.